The first-order valence-electron chi connectivity index (χ1n) is 6.37. The van der Waals surface area contributed by atoms with Crippen molar-refractivity contribution in [1.29, 1.82) is 0 Å². The van der Waals surface area contributed by atoms with Crippen molar-refractivity contribution >= 4 is 17.4 Å². The fraction of sp³-hybridized carbons (Fsp3) is 0.462. The number of fused-ring (bicyclic) bond motifs is 1. The van der Waals surface area contributed by atoms with Crippen LogP contribution in [-0.4, -0.2) is 27.7 Å². The van der Waals surface area contributed by atoms with Gasteiger partial charge in [-0.25, -0.2) is 4.98 Å². The minimum Gasteiger partial charge on any atom is -0.469 e. The summed E-state index contributed by atoms with van der Waals surface area (Å²) in [6.07, 6.45) is 4.25. The first-order chi connectivity index (χ1) is 9.19. The van der Waals surface area contributed by atoms with Crippen molar-refractivity contribution in [3.8, 4) is 0 Å². The van der Waals surface area contributed by atoms with Gasteiger partial charge in [0.05, 0.1) is 19.2 Å². The van der Waals surface area contributed by atoms with E-state index in [0.717, 1.165) is 30.6 Å². The Kier molecular flexibility index (Phi) is 2.85. The topological polar surface area (TPSA) is 82.5 Å². The zero-order chi connectivity index (χ0) is 13.4. The number of carbonyl (C=O) groups excluding carboxylic acids is 1. The molecule has 0 aromatic carbocycles. The van der Waals surface area contributed by atoms with Gasteiger partial charge in [0.1, 0.15) is 5.82 Å². The summed E-state index contributed by atoms with van der Waals surface area (Å²) in [5.41, 5.74) is 7.65. The highest BCUT2D eigenvalue weighted by Gasteiger charge is 2.32. The summed E-state index contributed by atoms with van der Waals surface area (Å²) in [5.74, 6) is 0.706. The summed E-state index contributed by atoms with van der Waals surface area (Å²) in [5, 5.41) is 4.10. The molecule has 1 aliphatic carbocycles. The van der Waals surface area contributed by atoms with Crippen LogP contribution < -0.4 is 5.73 Å². The van der Waals surface area contributed by atoms with Gasteiger partial charge in [-0.05, 0) is 19.3 Å². The number of esters is 1. The number of anilines is 1. The number of ether oxygens (including phenoxy) is 1. The highest BCUT2D eigenvalue weighted by atomic mass is 16.5. The van der Waals surface area contributed by atoms with E-state index in [1.807, 2.05) is 12.1 Å². The van der Waals surface area contributed by atoms with Crippen LogP contribution in [0.1, 0.15) is 30.9 Å². The third-order valence-corrected chi connectivity index (χ3v) is 3.79. The molecule has 1 fully saturated rings. The number of nitrogen functional groups attached to an aromatic ring is 1. The van der Waals surface area contributed by atoms with Crippen LogP contribution in [0, 0.1) is 5.92 Å². The van der Waals surface area contributed by atoms with Gasteiger partial charge in [0.15, 0.2) is 5.65 Å². The van der Waals surface area contributed by atoms with Crippen molar-refractivity contribution in [1.82, 2.24) is 14.6 Å². The fourth-order valence-corrected chi connectivity index (χ4v) is 2.80. The Bertz CT molecular complexity index is 622. The molecule has 0 aliphatic heterocycles. The van der Waals surface area contributed by atoms with Gasteiger partial charge in [-0.3, -0.25) is 4.79 Å². The highest BCUT2D eigenvalue weighted by molar-refractivity contribution is 5.72. The SMILES string of the molecule is COC(=O)C1CCC(c2cc(N)n3nccc3n2)C1. The Morgan fingerprint density at radius 3 is 3.16 bits per heavy atom. The quantitative estimate of drug-likeness (QED) is 0.824. The molecule has 2 aromatic heterocycles. The van der Waals surface area contributed by atoms with Gasteiger partial charge in [-0.15, -0.1) is 0 Å². The Morgan fingerprint density at radius 2 is 2.37 bits per heavy atom. The zero-order valence-electron chi connectivity index (χ0n) is 10.7. The number of carbonyl (C=O) groups is 1. The summed E-state index contributed by atoms with van der Waals surface area (Å²) in [7, 11) is 1.43. The maximum absolute atomic E-state index is 11.5. The van der Waals surface area contributed by atoms with Gasteiger partial charge in [-0.1, -0.05) is 0 Å². The number of rotatable bonds is 2. The number of hydrogen-bond donors (Lipinski definition) is 1. The second-order valence-electron chi connectivity index (χ2n) is 4.94. The normalized spacial score (nSPS) is 22.8. The third kappa shape index (κ3) is 2.03. The minimum atomic E-state index is -0.124. The van der Waals surface area contributed by atoms with E-state index in [9.17, 15) is 4.79 Å². The van der Waals surface area contributed by atoms with Crippen LogP contribution in [0.25, 0.3) is 5.65 Å². The minimum absolute atomic E-state index is 0.0147. The molecule has 0 bridgehead atoms. The molecular weight excluding hydrogens is 244 g/mol. The molecule has 19 heavy (non-hydrogen) atoms. The van der Waals surface area contributed by atoms with Crippen molar-refractivity contribution < 1.29 is 9.53 Å². The van der Waals surface area contributed by atoms with Crippen LogP contribution >= 0.6 is 0 Å². The van der Waals surface area contributed by atoms with Gasteiger partial charge in [0.2, 0.25) is 0 Å². The zero-order valence-corrected chi connectivity index (χ0v) is 10.7. The van der Waals surface area contributed by atoms with Crippen LogP contribution in [0.4, 0.5) is 5.82 Å². The number of hydrogen-bond acceptors (Lipinski definition) is 5. The number of aromatic nitrogens is 3. The average Bonchev–Trinajstić information content (AvgIpc) is 3.06. The molecule has 1 aliphatic rings. The molecule has 2 aromatic rings. The van der Waals surface area contributed by atoms with E-state index in [0.29, 0.717) is 5.82 Å². The van der Waals surface area contributed by atoms with Crippen LogP contribution in [0.2, 0.25) is 0 Å². The smallest absolute Gasteiger partial charge is 0.308 e. The first kappa shape index (κ1) is 12.0. The van der Waals surface area contributed by atoms with E-state index in [-0.39, 0.29) is 17.8 Å². The summed E-state index contributed by atoms with van der Waals surface area (Å²) >= 11 is 0. The molecule has 1 saturated carbocycles. The summed E-state index contributed by atoms with van der Waals surface area (Å²) in [6, 6.07) is 3.68. The molecule has 6 nitrogen and oxygen atoms in total. The molecule has 100 valence electrons. The van der Waals surface area contributed by atoms with E-state index < -0.39 is 0 Å². The van der Waals surface area contributed by atoms with E-state index in [1.165, 1.54) is 7.11 Å². The lowest BCUT2D eigenvalue weighted by atomic mass is 10.0. The van der Waals surface area contributed by atoms with Gasteiger partial charge in [0.25, 0.3) is 0 Å². The molecule has 0 saturated heterocycles. The Hall–Kier alpha value is -2.11. The van der Waals surface area contributed by atoms with Gasteiger partial charge in [-0.2, -0.15) is 9.61 Å². The lowest BCUT2D eigenvalue weighted by molar-refractivity contribution is -0.145. The second-order valence-corrected chi connectivity index (χ2v) is 4.94. The molecule has 2 heterocycles. The van der Waals surface area contributed by atoms with Gasteiger partial charge >= 0.3 is 5.97 Å². The predicted molar refractivity (Wildman–Crippen MR) is 69.5 cm³/mol. The van der Waals surface area contributed by atoms with Crippen LogP contribution in [0.3, 0.4) is 0 Å². The lowest BCUT2D eigenvalue weighted by Crippen LogP contribution is -2.13. The van der Waals surface area contributed by atoms with E-state index in [1.54, 1.807) is 10.7 Å². The van der Waals surface area contributed by atoms with Gasteiger partial charge < -0.3 is 10.5 Å². The molecule has 0 radical (unpaired) electrons. The van der Waals surface area contributed by atoms with E-state index >= 15 is 0 Å². The summed E-state index contributed by atoms with van der Waals surface area (Å²) < 4.78 is 6.41. The molecule has 2 unspecified atom stereocenters. The highest BCUT2D eigenvalue weighted by Crippen LogP contribution is 2.38. The van der Waals surface area contributed by atoms with Crippen molar-refractivity contribution in [2.45, 2.75) is 25.2 Å². The Morgan fingerprint density at radius 1 is 1.53 bits per heavy atom. The summed E-state index contributed by atoms with van der Waals surface area (Å²) in [4.78, 5) is 16.1. The van der Waals surface area contributed by atoms with Crippen molar-refractivity contribution in [2.24, 2.45) is 5.92 Å². The molecule has 0 spiro atoms. The molecule has 2 N–H and O–H groups in total. The number of methoxy groups -OCH3 is 1. The Labute approximate surface area is 110 Å². The molecular formula is C13H16N4O2. The van der Waals surface area contributed by atoms with E-state index in [4.69, 9.17) is 10.5 Å². The molecule has 3 rings (SSSR count). The molecule has 0 amide bonds. The monoisotopic (exact) mass is 260 g/mol. The number of nitrogens with two attached hydrogens (primary N) is 1. The van der Waals surface area contributed by atoms with Crippen molar-refractivity contribution in [2.75, 3.05) is 12.8 Å². The fourth-order valence-electron chi connectivity index (χ4n) is 2.80. The van der Waals surface area contributed by atoms with Crippen molar-refractivity contribution in [3.63, 3.8) is 0 Å². The summed E-state index contributed by atoms with van der Waals surface area (Å²) in [6.45, 7) is 0. The maximum Gasteiger partial charge on any atom is 0.308 e. The van der Waals surface area contributed by atoms with Crippen LogP contribution in [0.15, 0.2) is 18.3 Å². The average molecular weight is 260 g/mol. The Balaban J connectivity index is 1.87. The van der Waals surface area contributed by atoms with Gasteiger partial charge in [0, 0.05) is 23.7 Å². The predicted octanol–water partition coefficient (Wildman–Crippen LogP) is 1.37. The standard InChI is InChI=1S/C13H16N4O2/c1-19-13(18)9-3-2-8(6-9)10-7-11(14)17-12(16-10)4-5-15-17/h4-5,7-9H,2-3,6,14H2,1H3. The van der Waals surface area contributed by atoms with Crippen molar-refractivity contribution in [3.05, 3.63) is 24.0 Å². The third-order valence-electron chi connectivity index (χ3n) is 3.79. The molecule has 2 atom stereocenters. The first-order valence-corrected chi connectivity index (χ1v) is 6.37. The van der Waals surface area contributed by atoms with Crippen LogP contribution in [0.5, 0.6) is 0 Å². The lowest BCUT2D eigenvalue weighted by Gasteiger charge is -2.11. The second kappa shape index (κ2) is 4.53. The number of nitrogens with zero attached hydrogens (tertiary/aromatic N) is 3. The van der Waals surface area contributed by atoms with Crippen LogP contribution in [-0.2, 0) is 9.53 Å². The largest absolute Gasteiger partial charge is 0.469 e. The maximum atomic E-state index is 11.5. The van der Waals surface area contributed by atoms with E-state index in [2.05, 4.69) is 10.1 Å². The molecule has 6 heteroatoms.